The number of hydrogen-bond acceptors (Lipinski definition) is 8. The van der Waals surface area contributed by atoms with Gasteiger partial charge < -0.3 is 31.9 Å². The van der Waals surface area contributed by atoms with Gasteiger partial charge in [0, 0.05) is 22.6 Å². The molecule has 0 aliphatic carbocycles. The number of carbonyl (C=O) groups is 2. The Kier molecular flexibility index (Phi) is 7.40. The molecule has 0 atom stereocenters. The van der Waals surface area contributed by atoms with Gasteiger partial charge in [-0.3, -0.25) is 9.36 Å². The molecule has 38 heavy (non-hydrogen) atoms. The molecule has 0 saturated heterocycles. The summed E-state index contributed by atoms with van der Waals surface area (Å²) in [4.78, 5) is 37.1. The van der Waals surface area contributed by atoms with Gasteiger partial charge in [-0.2, -0.15) is 13.2 Å². The number of nitrogens with two attached hydrogens (primary N) is 1. The van der Waals surface area contributed by atoms with E-state index in [1.807, 2.05) is 0 Å². The molecule has 2 aromatic carbocycles. The summed E-state index contributed by atoms with van der Waals surface area (Å²) in [6, 6.07) is 6.80. The van der Waals surface area contributed by atoms with E-state index in [0.717, 1.165) is 6.07 Å². The molecule has 3 amide bonds. The number of anilines is 3. The molecule has 0 aliphatic rings. The Hall–Kier alpha value is -4.76. The number of aliphatic hydroxyl groups is 2. The first-order valence-corrected chi connectivity index (χ1v) is 11.0. The van der Waals surface area contributed by atoms with Crippen molar-refractivity contribution in [2.24, 2.45) is 0 Å². The van der Waals surface area contributed by atoms with Crippen molar-refractivity contribution in [3.8, 4) is 5.69 Å². The lowest BCUT2D eigenvalue weighted by atomic mass is 10.1. The Balaban J connectivity index is 1.50. The van der Waals surface area contributed by atoms with Gasteiger partial charge in [-0.25, -0.2) is 19.7 Å². The molecular formula is C23H21F3N8O4. The molecule has 0 saturated carbocycles. The number of fused-ring (bicyclic) bond motifs is 1. The van der Waals surface area contributed by atoms with Gasteiger partial charge in [-0.1, -0.05) is 0 Å². The number of hydrogen-bond donors (Lipinski definition) is 6. The number of imidazole rings is 1. The van der Waals surface area contributed by atoms with E-state index in [4.69, 9.17) is 15.9 Å². The summed E-state index contributed by atoms with van der Waals surface area (Å²) in [6.07, 6.45) is -1.99. The number of nitrogens with zero attached hydrogens (tertiary/aromatic N) is 4. The van der Waals surface area contributed by atoms with Crippen LogP contribution in [0.5, 0.6) is 0 Å². The minimum absolute atomic E-state index is 0.223. The van der Waals surface area contributed by atoms with Crippen molar-refractivity contribution in [1.82, 2.24) is 24.8 Å². The van der Waals surface area contributed by atoms with E-state index in [2.05, 4.69) is 30.9 Å². The molecular weight excluding hydrogens is 509 g/mol. The van der Waals surface area contributed by atoms with Crippen LogP contribution in [0.4, 0.5) is 35.2 Å². The van der Waals surface area contributed by atoms with Gasteiger partial charge in [0.2, 0.25) is 0 Å². The van der Waals surface area contributed by atoms with Crippen molar-refractivity contribution in [3.05, 3.63) is 66.2 Å². The van der Waals surface area contributed by atoms with Crippen LogP contribution >= 0.6 is 0 Å². The van der Waals surface area contributed by atoms with Gasteiger partial charge in [0.15, 0.2) is 17.0 Å². The van der Waals surface area contributed by atoms with Gasteiger partial charge in [-0.15, -0.1) is 0 Å². The smallest absolute Gasteiger partial charge is 0.394 e. The fourth-order valence-corrected chi connectivity index (χ4v) is 3.45. The van der Waals surface area contributed by atoms with E-state index < -0.39 is 48.5 Å². The third kappa shape index (κ3) is 5.79. The second-order valence-electron chi connectivity index (χ2n) is 8.00. The van der Waals surface area contributed by atoms with Crippen LogP contribution in [0.3, 0.4) is 0 Å². The van der Waals surface area contributed by atoms with Gasteiger partial charge in [0.25, 0.3) is 5.91 Å². The van der Waals surface area contributed by atoms with E-state index in [0.29, 0.717) is 34.7 Å². The van der Waals surface area contributed by atoms with Crippen LogP contribution in [0, 0.1) is 0 Å². The molecule has 7 N–H and O–H groups in total. The maximum absolute atomic E-state index is 13.4. The number of urea groups is 1. The van der Waals surface area contributed by atoms with Crippen LogP contribution < -0.4 is 21.7 Å². The molecule has 0 fully saturated rings. The molecule has 15 heteroatoms. The highest BCUT2D eigenvalue weighted by molar-refractivity contribution is 6.01. The number of alkyl halides is 3. The highest BCUT2D eigenvalue weighted by Crippen LogP contribution is 2.32. The second kappa shape index (κ2) is 10.7. The van der Waals surface area contributed by atoms with Crippen molar-refractivity contribution in [3.63, 3.8) is 0 Å². The monoisotopic (exact) mass is 530 g/mol. The third-order valence-electron chi connectivity index (χ3n) is 5.32. The molecule has 4 rings (SSSR count). The first-order valence-electron chi connectivity index (χ1n) is 11.0. The lowest BCUT2D eigenvalue weighted by molar-refractivity contribution is -0.137. The quantitative estimate of drug-likeness (QED) is 0.210. The van der Waals surface area contributed by atoms with Gasteiger partial charge in [-0.05, 0) is 42.5 Å². The minimum atomic E-state index is -4.81. The van der Waals surface area contributed by atoms with Gasteiger partial charge >= 0.3 is 12.2 Å². The van der Waals surface area contributed by atoms with Gasteiger partial charge in [0.1, 0.15) is 12.7 Å². The Morgan fingerprint density at radius 3 is 2.32 bits per heavy atom. The van der Waals surface area contributed by atoms with Crippen molar-refractivity contribution >= 4 is 40.3 Å². The van der Waals surface area contributed by atoms with Crippen LogP contribution in [0.1, 0.15) is 15.9 Å². The molecule has 0 aliphatic heterocycles. The van der Waals surface area contributed by atoms with E-state index >= 15 is 0 Å². The van der Waals surface area contributed by atoms with Crippen molar-refractivity contribution in [1.29, 1.82) is 0 Å². The number of rotatable bonds is 7. The highest BCUT2D eigenvalue weighted by Gasteiger charge is 2.32. The zero-order chi connectivity index (χ0) is 27.4. The lowest BCUT2D eigenvalue weighted by Gasteiger charge is -2.16. The highest BCUT2D eigenvalue weighted by atomic mass is 19.4. The second-order valence-corrected chi connectivity index (χ2v) is 8.00. The van der Waals surface area contributed by atoms with Crippen molar-refractivity contribution in [2.75, 3.05) is 29.6 Å². The molecule has 4 aromatic rings. The van der Waals surface area contributed by atoms with Crippen molar-refractivity contribution in [2.45, 2.75) is 12.2 Å². The lowest BCUT2D eigenvalue weighted by Crippen LogP contribution is -2.40. The molecule has 0 unspecified atom stereocenters. The first-order chi connectivity index (χ1) is 18.1. The number of benzene rings is 2. The molecule has 2 aromatic heterocycles. The maximum atomic E-state index is 13.4. The number of nitrogens with one attached hydrogen (secondary N) is 3. The zero-order valence-corrected chi connectivity index (χ0v) is 19.4. The molecule has 198 valence electrons. The standard InChI is InChI=1S/C23H21F3N8O4/c24-23(25,26)13-5-12(21(37)31-16(8-35)9-36)6-15(7-13)33-22(38)32-14-1-3-17(4-2-14)34-11-30-18-19(27)28-10-29-20(18)34/h1-7,10-11,16,35-36H,8-9H2,(H,31,37)(H2,27,28,29)(H2,32,33,38). The number of aliphatic hydroxyl groups excluding tert-OH is 2. The summed E-state index contributed by atoms with van der Waals surface area (Å²) in [6.45, 7) is -1.24. The fourth-order valence-electron chi connectivity index (χ4n) is 3.45. The summed E-state index contributed by atoms with van der Waals surface area (Å²) in [5, 5.41) is 25.2. The van der Waals surface area contributed by atoms with Gasteiger partial charge in [0.05, 0.1) is 24.8 Å². The van der Waals surface area contributed by atoms with Crippen LogP contribution in [0.15, 0.2) is 55.1 Å². The topological polar surface area (TPSA) is 180 Å². The Morgan fingerprint density at radius 2 is 1.66 bits per heavy atom. The predicted octanol–water partition coefficient (Wildman–Crippen LogP) is 2.14. The van der Waals surface area contributed by atoms with E-state index in [1.165, 1.54) is 12.7 Å². The average molecular weight is 530 g/mol. The average Bonchev–Trinajstić information content (AvgIpc) is 3.32. The molecule has 2 heterocycles. The Bertz CT molecular complexity index is 1470. The number of amides is 3. The minimum Gasteiger partial charge on any atom is -0.394 e. The summed E-state index contributed by atoms with van der Waals surface area (Å²) >= 11 is 0. The predicted molar refractivity (Wildman–Crippen MR) is 131 cm³/mol. The number of carbonyl (C=O) groups excluding carboxylic acids is 2. The fraction of sp³-hybridized carbons (Fsp3) is 0.174. The Labute approximate surface area is 212 Å². The molecule has 0 radical (unpaired) electrons. The SMILES string of the molecule is Nc1ncnc2c1ncn2-c1ccc(NC(=O)Nc2cc(C(=O)NC(CO)CO)cc(C(F)(F)F)c2)cc1. The number of nitrogen functional groups attached to an aromatic ring is 1. The molecule has 12 nitrogen and oxygen atoms in total. The number of halogens is 3. The normalized spacial score (nSPS) is 11.5. The summed E-state index contributed by atoms with van der Waals surface area (Å²) in [7, 11) is 0. The van der Waals surface area contributed by atoms with E-state index in [9.17, 15) is 22.8 Å². The van der Waals surface area contributed by atoms with Crippen LogP contribution in [0.2, 0.25) is 0 Å². The Morgan fingerprint density at radius 1 is 0.974 bits per heavy atom. The van der Waals surface area contributed by atoms with Crippen LogP contribution in [-0.2, 0) is 6.18 Å². The first kappa shape index (κ1) is 26.3. The summed E-state index contributed by atoms with van der Waals surface area (Å²) in [5.74, 6) is -0.747. The maximum Gasteiger partial charge on any atom is 0.416 e. The summed E-state index contributed by atoms with van der Waals surface area (Å²) in [5.41, 5.74) is 5.76. The molecule has 0 bridgehead atoms. The number of aromatic nitrogens is 4. The third-order valence-corrected chi connectivity index (χ3v) is 5.32. The molecule has 0 spiro atoms. The van der Waals surface area contributed by atoms with Crippen molar-refractivity contribution < 1.29 is 33.0 Å². The zero-order valence-electron chi connectivity index (χ0n) is 19.4. The van der Waals surface area contributed by atoms with E-state index in [-0.39, 0.29) is 11.5 Å². The largest absolute Gasteiger partial charge is 0.416 e. The van der Waals surface area contributed by atoms with E-state index in [1.54, 1.807) is 28.8 Å². The summed E-state index contributed by atoms with van der Waals surface area (Å²) < 4.78 is 41.9. The van der Waals surface area contributed by atoms with Crippen LogP contribution in [0.25, 0.3) is 16.9 Å². The van der Waals surface area contributed by atoms with Crippen LogP contribution in [-0.4, -0.2) is 60.9 Å².